The summed E-state index contributed by atoms with van der Waals surface area (Å²) in [5.41, 5.74) is 10.7. The van der Waals surface area contributed by atoms with Gasteiger partial charge in [0.15, 0.2) is 9.04 Å². The molecule has 0 saturated carbocycles. The van der Waals surface area contributed by atoms with Crippen LogP contribution in [0.5, 0.6) is 0 Å². The second-order valence-electron chi connectivity index (χ2n) is 2.01. The number of rotatable bonds is 5. The van der Waals surface area contributed by atoms with Gasteiger partial charge in [0.05, 0.1) is 0 Å². The van der Waals surface area contributed by atoms with E-state index < -0.39 is 9.04 Å². The van der Waals surface area contributed by atoms with Crippen molar-refractivity contribution in [2.24, 2.45) is 11.5 Å². The highest BCUT2D eigenvalue weighted by atomic mass is 28.3. The molecule has 0 heterocycles. The van der Waals surface area contributed by atoms with Crippen LogP contribution < -0.4 is 11.5 Å². The summed E-state index contributed by atoms with van der Waals surface area (Å²) in [4.78, 5) is 0. The van der Waals surface area contributed by atoms with Crippen LogP contribution in [0.4, 0.5) is 0 Å². The van der Waals surface area contributed by atoms with Crippen molar-refractivity contribution in [2.45, 2.75) is 12.1 Å². The van der Waals surface area contributed by atoms with Gasteiger partial charge in [-0.1, -0.05) is 0 Å². The van der Waals surface area contributed by atoms with E-state index in [1.165, 1.54) is 0 Å². The third-order valence-electron chi connectivity index (χ3n) is 1.31. The first-order chi connectivity index (χ1) is 4.35. The van der Waals surface area contributed by atoms with E-state index >= 15 is 0 Å². The van der Waals surface area contributed by atoms with E-state index in [0.717, 1.165) is 35.7 Å². The van der Waals surface area contributed by atoms with Gasteiger partial charge in [-0.25, -0.2) is 0 Å². The molecule has 0 atom stereocenters. The van der Waals surface area contributed by atoms with E-state index in [1.54, 1.807) is 0 Å². The summed E-state index contributed by atoms with van der Waals surface area (Å²) in [5.74, 6) is 0. The van der Waals surface area contributed by atoms with Gasteiger partial charge in [0, 0.05) is 0 Å². The second-order valence-corrected chi connectivity index (χ2v) is 6.30. The van der Waals surface area contributed by atoms with Gasteiger partial charge in [-0.2, -0.15) is 0 Å². The summed E-state index contributed by atoms with van der Waals surface area (Å²) in [6, 6.07) is 2.17. The lowest BCUT2D eigenvalue weighted by Crippen LogP contribution is -2.23. The van der Waals surface area contributed by atoms with Crippen molar-refractivity contribution in [1.82, 2.24) is 0 Å². The molecule has 0 fully saturated rings. The Balaban J connectivity index is 3.18. The Bertz CT molecular complexity index is 58.5. The van der Waals surface area contributed by atoms with Crippen LogP contribution >= 0.6 is 0 Å². The van der Waals surface area contributed by atoms with Gasteiger partial charge in [-0.3, -0.25) is 0 Å². The molecule has 0 spiro atoms. The molecule has 56 valence electrons. The van der Waals surface area contributed by atoms with Crippen LogP contribution in [0.25, 0.3) is 0 Å². The molecule has 9 heavy (non-hydrogen) atoms. The molecule has 0 aromatic heterocycles. The van der Waals surface area contributed by atoms with Crippen LogP contribution in [-0.4, -0.2) is 32.6 Å². The van der Waals surface area contributed by atoms with Crippen molar-refractivity contribution < 1.29 is 4.12 Å². The number of hydrogen-bond acceptors (Lipinski definition) is 3. The Morgan fingerprint density at radius 3 is 1.89 bits per heavy atom. The van der Waals surface area contributed by atoms with Crippen molar-refractivity contribution in [1.29, 1.82) is 0 Å². The Morgan fingerprint density at radius 1 is 1.22 bits per heavy atom. The molecule has 0 rings (SSSR count). The first-order valence-electron chi connectivity index (χ1n) is 3.28. The molecular formula is C4H16N2OSi2. The Labute approximate surface area is 61.0 Å². The van der Waals surface area contributed by atoms with E-state index in [4.69, 9.17) is 15.6 Å². The molecule has 0 aliphatic carbocycles. The maximum absolute atomic E-state index is 5.36. The standard InChI is InChI=1S/C4H16N2OSi2/c5-1-3-9(7-8)4-2-6/h9H,1-6H2,8H3. The zero-order valence-electron chi connectivity index (χ0n) is 5.97. The van der Waals surface area contributed by atoms with Gasteiger partial charge in [0.1, 0.15) is 10.5 Å². The maximum atomic E-state index is 5.36. The van der Waals surface area contributed by atoms with Crippen LogP contribution in [0.2, 0.25) is 12.1 Å². The Kier molecular flexibility index (Phi) is 6.66. The van der Waals surface area contributed by atoms with Crippen LogP contribution in [0.1, 0.15) is 0 Å². The van der Waals surface area contributed by atoms with Crippen LogP contribution in [0.15, 0.2) is 0 Å². The van der Waals surface area contributed by atoms with Crippen molar-refractivity contribution in [3.63, 3.8) is 0 Å². The fourth-order valence-corrected chi connectivity index (χ4v) is 3.67. The molecule has 0 aliphatic heterocycles. The van der Waals surface area contributed by atoms with Crippen LogP contribution in [-0.2, 0) is 4.12 Å². The third-order valence-corrected chi connectivity index (χ3v) is 5.93. The molecule has 0 bridgehead atoms. The predicted molar refractivity (Wildman–Crippen MR) is 45.9 cm³/mol. The van der Waals surface area contributed by atoms with Crippen molar-refractivity contribution in [2.75, 3.05) is 13.1 Å². The van der Waals surface area contributed by atoms with Gasteiger partial charge in [0.25, 0.3) is 0 Å². The first kappa shape index (κ1) is 9.31. The van der Waals surface area contributed by atoms with Crippen LogP contribution in [0, 0.1) is 0 Å². The topological polar surface area (TPSA) is 61.3 Å². The number of nitrogens with two attached hydrogens (primary N) is 2. The molecular weight excluding hydrogens is 148 g/mol. The minimum atomic E-state index is -0.901. The van der Waals surface area contributed by atoms with E-state index in [2.05, 4.69) is 0 Å². The van der Waals surface area contributed by atoms with E-state index in [-0.39, 0.29) is 0 Å². The van der Waals surface area contributed by atoms with E-state index in [0.29, 0.717) is 0 Å². The fourth-order valence-electron chi connectivity index (χ4n) is 0.752. The minimum absolute atomic E-state index is 0.763. The summed E-state index contributed by atoms with van der Waals surface area (Å²) in [6.07, 6.45) is 0. The average Bonchev–Trinajstić information content (AvgIpc) is 1.88. The highest BCUT2D eigenvalue weighted by Gasteiger charge is 2.05. The average molecular weight is 164 g/mol. The number of hydrogen-bond donors (Lipinski definition) is 2. The first-order valence-corrected chi connectivity index (χ1v) is 6.20. The normalized spacial score (nSPS) is 11.0. The smallest absolute Gasteiger partial charge is 0.164 e. The quantitative estimate of drug-likeness (QED) is 0.459. The minimum Gasteiger partial charge on any atom is -0.465 e. The maximum Gasteiger partial charge on any atom is 0.164 e. The van der Waals surface area contributed by atoms with Gasteiger partial charge < -0.3 is 15.6 Å². The van der Waals surface area contributed by atoms with Crippen molar-refractivity contribution in [3.05, 3.63) is 0 Å². The zero-order chi connectivity index (χ0) is 7.11. The molecule has 0 aromatic carbocycles. The lowest BCUT2D eigenvalue weighted by molar-refractivity contribution is 0.622. The van der Waals surface area contributed by atoms with Gasteiger partial charge in [-0.05, 0) is 25.2 Å². The third kappa shape index (κ3) is 4.79. The summed E-state index contributed by atoms with van der Waals surface area (Å²) >= 11 is 0. The highest BCUT2D eigenvalue weighted by molar-refractivity contribution is 6.55. The SMILES string of the molecule is NCC[SiH](CCN)O[SiH3]. The molecule has 4 N–H and O–H groups in total. The summed E-state index contributed by atoms with van der Waals surface area (Å²) < 4.78 is 5.35. The molecule has 5 heteroatoms. The van der Waals surface area contributed by atoms with Gasteiger partial charge in [-0.15, -0.1) is 0 Å². The Hall–Kier alpha value is 0.314. The molecule has 0 saturated heterocycles. The molecule has 0 aromatic rings. The fraction of sp³-hybridized carbons (Fsp3) is 1.00. The van der Waals surface area contributed by atoms with Crippen molar-refractivity contribution >= 4 is 19.5 Å². The molecule has 0 unspecified atom stereocenters. The predicted octanol–water partition coefficient (Wildman–Crippen LogP) is -2.08. The van der Waals surface area contributed by atoms with E-state index in [1.807, 2.05) is 0 Å². The van der Waals surface area contributed by atoms with Gasteiger partial charge in [0.2, 0.25) is 0 Å². The lowest BCUT2D eigenvalue weighted by atomic mass is 10.8. The molecule has 0 aliphatic rings. The largest absolute Gasteiger partial charge is 0.465 e. The van der Waals surface area contributed by atoms with Gasteiger partial charge >= 0.3 is 0 Å². The monoisotopic (exact) mass is 164 g/mol. The van der Waals surface area contributed by atoms with Crippen molar-refractivity contribution in [3.8, 4) is 0 Å². The molecule has 3 nitrogen and oxygen atoms in total. The highest BCUT2D eigenvalue weighted by Crippen LogP contribution is 1.95. The second kappa shape index (κ2) is 6.43. The summed E-state index contributed by atoms with van der Waals surface area (Å²) in [5, 5.41) is 0. The molecule has 0 amide bonds. The van der Waals surface area contributed by atoms with E-state index in [9.17, 15) is 0 Å². The molecule has 0 radical (unpaired) electrons. The lowest BCUT2D eigenvalue weighted by Gasteiger charge is -2.10. The Morgan fingerprint density at radius 2 is 1.67 bits per heavy atom. The van der Waals surface area contributed by atoms with Crippen LogP contribution in [0.3, 0.4) is 0 Å². The summed E-state index contributed by atoms with van der Waals surface area (Å²) in [6.45, 7) is 1.53. The summed E-state index contributed by atoms with van der Waals surface area (Å²) in [7, 11) is -0.0500. The zero-order valence-corrected chi connectivity index (χ0v) is 9.12.